The maximum atomic E-state index is 9.60. The molecule has 1 aromatic rings. The van der Waals surface area contributed by atoms with Crippen LogP contribution in [-0.2, 0) is 6.42 Å². The normalized spacial score (nSPS) is 11.6. The summed E-state index contributed by atoms with van der Waals surface area (Å²) in [4.78, 5) is 0. The molecule has 0 radical (unpaired) electrons. The van der Waals surface area contributed by atoms with E-state index in [2.05, 4.69) is 13.0 Å². The molecular formula is C15H24O3. The van der Waals surface area contributed by atoms with Crippen LogP contribution in [0.3, 0.4) is 0 Å². The summed E-state index contributed by atoms with van der Waals surface area (Å²) in [6.45, 7) is 4.08. The van der Waals surface area contributed by atoms with Crippen molar-refractivity contribution < 1.29 is 14.9 Å². The van der Waals surface area contributed by atoms with E-state index < -0.39 is 5.41 Å². The van der Waals surface area contributed by atoms with Crippen molar-refractivity contribution in [1.82, 2.24) is 0 Å². The van der Waals surface area contributed by atoms with Crippen LogP contribution in [0.15, 0.2) is 18.2 Å². The van der Waals surface area contributed by atoms with Gasteiger partial charge in [-0.25, -0.2) is 0 Å². The molecule has 3 heteroatoms. The van der Waals surface area contributed by atoms with Gasteiger partial charge in [0.1, 0.15) is 5.75 Å². The van der Waals surface area contributed by atoms with Gasteiger partial charge >= 0.3 is 0 Å². The van der Waals surface area contributed by atoms with Gasteiger partial charge < -0.3 is 14.9 Å². The first kappa shape index (κ1) is 15.0. The lowest BCUT2D eigenvalue weighted by atomic mass is 9.79. The van der Waals surface area contributed by atoms with Crippen molar-refractivity contribution in [3.8, 4) is 5.75 Å². The molecule has 0 amide bonds. The summed E-state index contributed by atoms with van der Waals surface area (Å²) in [6.07, 6.45) is 2.38. The van der Waals surface area contributed by atoms with E-state index in [-0.39, 0.29) is 13.2 Å². The highest BCUT2D eigenvalue weighted by Crippen LogP contribution is 2.32. The minimum Gasteiger partial charge on any atom is -0.496 e. The monoisotopic (exact) mass is 252 g/mol. The Kier molecular flexibility index (Phi) is 5.63. The summed E-state index contributed by atoms with van der Waals surface area (Å²) in [5, 5.41) is 19.2. The fourth-order valence-corrected chi connectivity index (χ4v) is 2.39. The molecule has 1 aromatic carbocycles. The van der Waals surface area contributed by atoms with Crippen LogP contribution in [0.5, 0.6) is 5.75 Å². The highest BCUT2D eigenvalue weighted by molar-refractivity contribution is 5.37. The predicted molar refractivity (Wildman–Crippen MR) is 72.9 cm³/mol. The molecule has 0 aliphatic carbocycles. The van der Waals surface area contributed by atoms with Gasteiger partial charge in [0, 0.05) is 5.41 Å². The third-order valence-electron chi connectivity index (χ3n) is 3.45. The standard InChI is InChI=1S/C15H24O3/c1-4-7-15(10-16,11-17)9-13-8-12(2)5-6-14(13)18-3/h5-6,8,16-17H,4,7,9-11H2,1-3H3. The van der Waals surface area contributed by atoms with Crippen LogP contribution in [0, 0.1) is 12.3 Å². The summed E-state index contributed by atoms with van der Waals surface area (Å²) in [5.41, 5.74) is 1.76. The van der Waals surface area contributed by atoms with Crippen LogP contribution in [0.4, 0.5) is 0 Å². The van der Waals surface area contributed by atoms with Crippen molar-refractivity contribution in [1.29, 1.82) is 0 Å². The fourth-order valence-electron chi connectivity index (χ4n) is 2.39. The predicted octanol–water partition coefficient (Wildman–Crippen LogP) is 2.32. The average molecular weight is 252 g/mol. The molecule has 0 saturated carbocycles. The quantitative estimate of drug-likeness (QED) is 0.783. The molecule has 0 unspecified atom stereocenters. The first-order chi connectivity index (χ1) is 8.60. The Morgan fingerprint density at radius 3 is 2.39 bits per heavy atom. The van der Waals surface area contributed by atoms with Gasteiger partial charge in [-0.3, -0.25) is 0 Å². The Hall–Kier alpha value is -1.06. The molecular weight excluding hydrogens is 228 g/mol. The van der Waals surface area contributed by atoms with Gasteiger partial charge in [-0.2, -0.15) is 0 Å². The summed E-state index contributed by atoms with van der Waals surface area (Å²) in [6, 6.07) is 6.01. The summed E-state index contributed by atoms with van der Waals surface area (Å²) in [7, 11) is 1.65. The zero-order chi connectivity index (χ0) is 13.6. The molecule has 0 bridgehead atoms. The second-order valence-corrected chi connectivity index (χ2v) is 5.06. The van der Waals surface area contributed by atoms with Crippen molar-refractivity contribution in [3.05, 3.63) is 29.3 Å². The summed E-state index contributed by atoms with van der Waals surface area (Å²) >= 11 is 0. The number of methoxy groups -OCH3 is 1. The van der Waals surface area contributed by atoms with Gasteiger partial charge in [-0.15, -0.1) is 0 Å². The van der Waals surface area contributed by atoms with Crippen molar-refractivity contribution in [3.63, 3.8) is 0 Å². The maximum absolute atomic E-state index is 9.60. The highest BCUT2D eigenvalue weighted by atomic mass is 16.5. The van der Waals surface area contributed by atoms with Crippen LogP contribution in [0.2, 0.25) is 0 Å². The average Bonchev–Trinajstić information content (AvgIpc) is 2.38. The molecule has 1 rings (SSSR count). The summed E-state index contributed by atoms with van der Waals surface area (Å²) in [5.74, 6) is 0.822. The molecule has 0 spiro atoms. The zero-order valence-corrected chi connectivity index (χ0v) is 11.6. The number of hydrogen-bond donors (Lipinski definition) is 2. The molecule has 0 fully saturated rings. The Bertz CT molecular complexity index is 370. The number of rotatable bonds is 7. The van der Waals surface area contributed by atoms with Gasteiger partial charge in [0.25, 0.3) is 0 Å². The van der Waals surface area contributed by atoms with E-state index in [4.69, 9.17) is 4.74 Å². The third-order valence-corrected chi connectivity index (χ3v) is 3.45. The van der Waals surface area contributed by atoms with Gasteiger partial charge in [0.15, 0.2) is 0 Å². The first-order valence-electron chi connectivity index (χ1n) is 6.46. The number of aliphatic hydroxyl groups excluding tert-OH is 2. The SMILES string of the molecule is CCCC(CO)(CO)Cc1cc(C)ccc1OC. The Morgan fingerprint density at radius 2 is 1.89 bits per heavy atom. The van der Waals surface area contributed by atoms with E-state index in [1.54, 1.807) is 7.11 Å². The minimum atomic E-state index is -0.449. The van der Waals surface area contributed by atoms with Gasteiger partial charge in [0.2, 0.25) is 0 Å². The van der Waals surface area contributed by atoms with Gasteiger partial charge in [-0.05, 0) is 31.4 Å². The smallest absolute Gasteiger partial charge is 0.122 e. The molecule has 0 saturated heterocycles. The van der Waals surface area contributed by atoms with Crippen molar-refractivity contribution in [2.45, 2.75) is 33.1 Å². The largest absolute Gasteiger partial charge is 0.496 e. The van der Waals surface area contributed by atoms with E-state index >= 15 is 0 Å². The van der Waals surface area contributed by atoms with Crippen molar-refractivity contribution in [2.24, 2.45) is 5.41 Å². The van der Waals surface area contributed by atoms with E-state index in [1.165, 1.54) is 0 Å². The van der Waals surface area contributed by atoms with Gasteiger partial charge in [0.05, 0.1) is 20.3 Å². The molecule has 2 N–H and O–H groups in total. The zero-order valence-electron chi connectivity index (χ0n) is 11.6. The number of ether oxygens (including phenoxy) is 1. The molecule has 18 heavy (non-hydrogen) atoms. The first-order valence-corrected chi connectivity index (χ1v) is 6.46. The van der Waals surface area contributed by atoms with Crippen molar-refractivity contribution in [2.75, 3.05) is 20.3 Å². The topological polar surface area (TPSA) is 49.7 Å². The Balaban J connectivity index is 3.02. The fraction of sp³-hybridized carbons (Fsp3) is 0.600. The lowest BCUT2D eigenvalue weighted by Gasteiger charge is -2.30. The lowest BCUT2D eigenvalue weighted by Crippen LogP contribution is -2.32. The van der Waals surface area contributed by atoms with Crippen LogP contribution in [-0.4, -0.2) is 30.5 Å². The molecule has 3 nitrogen and oxygen atoms in total. The number of benzene rings is 1. The van der Waals surface area contributed by atoms with Crippen LogP contribution in [0.25, 0.3) is 0 Å². The van der Waals surface area contributed by atoms with Crippen LogP contribution >= 0.6 is 0 Å². The second-order valence-electron chi connectivity index (χ2n) is 5.06. The van der Waals surface area contributed by atoms with E-state index in [0.29, 0.717) is 6.42 Å². The number of aliphatic hydroxyl groups is 2. The van der Waals surface area contributed by atoms with Crippen molar-refractivity contribution >= 4 is 0 Å². The minimum absolute atomic E-state index is 0.00552. The molecule has 0 aliphatic rings. The third kappa shape index (κ3) is 3.47. The maximum Gasteiger partial charge on any atom is 0.122 e. The molecule has 0 heterocycles. The van der Waals surface area contributed by atoms with Crippen LogP contribution < -0.4 is 4.74 Å². The van der Waals surface area contributed by atoms with Crippen LogP contribution in [0.1, 0.15) is 30.9 Å². The molecule has 0 atom stereocenters. The number of aryl methyl sites for hydroxylation is 1. The lowest BCUT2D eigenvalue weighted by molar-refractivity contribution is 0.0462. The second kappa shape index (κ2) is 6.76. The Morgan fingerprint density at radius 1 is 1.22 bits per heavy atom. The summed E-state index contributed by atoms with van der Waals surface area (Å²) < 4.78 is 5.35. The van der Waals surface area contributed by atoms with E-state index in [1.807, 2.05) is 19.1 Å². The molecule has 0 aliphatic heterocycles. The molecule has 102 valence electrons. The highest BCUT2D eigenvalue weighted by Gasteiger charge is 2.29. The molecule has 0 aromatic heterocycles. The number of hydrogen-bond acceptors (Lipinski definition) is 3. The van der Waals surface area contributed by atoms with Gasteiger partial charge in [-0.1, -0.05) is 31.0 Å². The Labute approximate surface area is 109 Å². The van der Waals surface area contributed by atoms with E-state index in [9.17, 15) is 10.2 Å². The van der Waals surface area contributed by atoms with E-state index in [0.717, 1.165) is 29.7 Å².